The lowest BCUT2D eigenvalue weighted by Crippen LogP contribution is -2.51. The van der Waals surface area contributed by atoms with E-state index in [1.807, 2.05) is 13.8 Å². The maximum absolute atomic E-state index is 14.3. The summed E-state index contributed by atoms with van der Waals surface area (Å²) in [4.78, 5) is 26.8. The Hall–Kier alpha value is -2.98. The summed E-state index contributed by atoms with van der Waals surface area (Å²) in [6.07, 6.45) is -0.851. The van der Waals surface area contributed by atoms with Gasteiger partial charge >= 0.3 is 6.09 Å². The minimum absolute atomic E-state index is 0.0916. The van der Waals surface area contributed by atoms with Crippen LogP contribution in [0.2, 0.25) is 0 Å². The first kappa shape index (κ1) is 22.7. The second-order valence-corrected chi connectivity index (χ2v) is 9.53. The van der Waals surface area contributed by atoms with Crippen molar-refractivity contribution in [1.29, 1.82) is 0 Å². The van der Waals surface area contributed by atoms with Gasteiger partial charge in [-0.2, -0.15) is 0 Å². The van der Waals surface area contributed by atoms with Crippen LogP contribution >= 0.6 is 0 Å². The average Bonchev–Trinajstić information content (AvgIpc) is 2.65. The van der Waals surface area contributed by atoms with Crippen molar-refractivity contribution in [2.45, 2.75) is 38.1 Å². The Morgan fingerprint density at radius 1 is 1.16 bits per heavy atom. The van der Waals surface area contributed by atoms with Gasteiger partial charge in [0.15, 0.2) is 0 Å². The third-order valence-electron chi connectivity index (χ3n) is 5.07. The van der Waals surface area contributed by atoms with Gasteiger partial charge in [0, 0.05) is 13.0 Å². The highest BCUT2D eigenvalue weighted by atomic mass is 32.2. The summed E-state index contributed by atoms with van der Waals surface area (Å²) in [5.41, 5.74) is 1.57. The quantitative estimate of drug-likeness (QED) is 0.741. The highest BCUT2D eigenvalue weighted by Crippen LogP contribution is 2.39. The van der Waals surface area contributed by atoms with E-state index in [-0.39, 0.29) is 24.4 Å². The molecule has 2 amide bonds. The summed E-state index contributed by atoms with van der Waals surface area (Å²) < 4.78 is 37.2. The van der Waals surface area contributed by atoms with Crippen molar-refractivity contribution in [2.24, 2.45) is 11.1 Å². The molecular weight excluding hydrogens is 425 g/mol. The number of benzene rings is 2. The molecule has 31 heavy (non-hydrogen) atoms. The van der Waals surface area contributed by atoms with Crippen LogP contribution in [0, 0.1) is 11.7 Å². The number of hydrogen-bond donors (Lipinski definition) is 2. The largest absolute Gasteiger partial charge is 0.465 e. The maximum Gasteiger partial charge on any atom is 0.411 e. The van der Waals surface area contributed by atoms with Gasteiger partial charge in [-0.1, -0.05) is 26.0 Å². The normalized spacial score (nSPS) is 16.4. The van der Waals surface area contributed by atoms with E-state index in [9.17, 15) is 27.5 Å². The molecule has 3 N–H and O–H groups in total. The molecule has 0 fully saturated rings. The van der Waals surface area contributed by atoms with Crippen molar-refractivity contribution in [1.82, 2.24) is 0 Å². The molecule has 1 atom stereocenters. The molecule has 0 radical (unpaired) electrons. The molecule has 2 aromatic carbocycles. The predicted octanol–water partition coefficient (Wildman–Crippen LogP) is 3.41. The van der Waals surface area contributed by atoms with Crippen molar-refractivity contribution in [2.75, 3.05) is 16.3 Å². The van der Waals surface area contributed by atoms with E-state index in [2.05, 4.69) is 0 Å². The first-order chi connectivity index (χ1) is 14.4. The van der Waals surface area contributed by atoms with Gasteiger partial charge in [-0.05, 0) is 48.2 Å². The van der Waals surface area contributed by atoms with Gasteiger partial charge in [0.2, 0.25) is 15.9 Å². The fourth-order valence-corrected chi connectivity index (χ4v) is 4.31. The molecule has 0 spiro atoms. The van der Waals surface area contributed by atoms with Crippen LogP contribution in [0.4, 0.5) is 20.6 Å². The van der Waals surface area contributed by atoms with Crippen LogP contribution in [0.25, 0.3) is 11.1 Å². The summed E-state index contributed by atoms with van der Waals surface area (Å²) in [7, 11) is -4.20. The first-order valence-corrected chi connectivity index (χ1v) is 11.2. The first-order valence-electron chi connectivity index (χ1n) is 9.69. The summed E-state index contributed by atoms with van der Waals surface area (Å²) in [6.45, 7) is 5.74. The number of rotatable bonds is 4. The fraction of sp³-hybridized carbons (Fsp3) is 0.333. The van der Waals surface area contributed by atoms with Gasteiger partial charge in [-0.15, -0.1) is 0 Å². The molecule has 0 bridgehead atoms. The van der Waals surface area contributed by atoms with Crippen molar-refractivity contribution in [3.63, 3.8) is 0 Å². The minimum Gasteiger partial charge on any atom is -0.465 e. The zero-order valence-corrected chi connectivity index (χ0v) is 18.2. The number of amides is 2. The van der Waals surface area contributed by atoms with Crippen LogP contribution in [-0.2, 0) is 14.8 Å². The van der Waals surface area contributed by atoms with Gasteiger partial charge in [0.05, 0.1) is 17.4 Å². The number of carbonyl (C=O) groups is 2. The van der Waals surface area contributed by atoms with E-state index in [0.29, 0.717) is 28.9 Å². The average molecular weight is 450 g/mol. The Balaban J connectivity index is 2.11. The number of primary sulfonamides is 1. The molecule has 0 aliphatic carbocycles. The van der Waals surface area contributed by atoms with Crippen LogP contribution in [-0.4, -0.2) is 38.1 Å². The molecule has 2 aromatic rings. The van der Waals surface area contributed by atoms with Crippen LogP contribution in [0.5, 0.6) is 0 Å². The number of sulfonamides is 1. The lowest BCUT2D eigenvalue weighted by atomic mass is 9.99. The molecule has 0 unspecified atom stereocenters. The highest BCUT2D eigenvalue weighted by molar-refractivity contribution is 7.89. The van der Waals surface area contributed by atoms with Gasteiger partial charge < -0.3 is 10.0 Å². The van der Waals surface area contributed by atoms with Crippen LogP contribution < -0.4 is 14.9 Å². The molecule has 8 nitrogen and oxygen atoms in total. The number of carboxylic acid groups (broad SMARTS) is 1. The Morgan fingerprint density at radius 3 is 2.32 bits per heavy atom. The lowest BCUT2D eigenvalue weighted by molar-refractivity contribution is -0.119. The summed E-state index contributed by atoms with van der Waals surface area (Å²) in [5.74, 6) is -0.972. The van der Waals surface area contributed by atoms with E-state index in [1.165, 1.54) is 6.07 Å². The van der Waals surface area contributed by atoms with E-state index in [4.69, 9.17) is 5.14 Å². The SMILES string of the molecule is CC(C)CC(=O)N1c2ccc(-c3ccc(S(N)(=O)=O)c(F)c3)cc2N(C(=O)O)C[C@@H]1C. The molecule has 166 valence electrons. The van der Waals surface area contributed by atoms with Crippen LogP contribution in [0.1, 0.15) is 27.2 Å². The van der Waals surface area contributed by atoms with Gasteiger partial charge in [-0.25, -0.2) is 22.7 Å². The van der Waals surface area contributed by atoms with Crippen molar-refractivity contribution in [3.8, 4) is 11.1 Å². The molecule has 10 heteroatoms. The highest BCUT2D eigenvalue weighted by Gasteiger charge is 2.35. The Kier molecular flexibility index (Phi) is 6.06. The summed E-state index contributed by atoms with van der Waals surface area (Å²) >= 11 is 0. The molecule has 3 rings (SSSR count). The Morgan fingerprint density at radius 2 is 1.77 bits per heavy atom. The number of hydrogen-bond acceptors (Lipinski definition) is 4. The Labute approximate surface area is 180 Å². The number of fused-ring (bicyclic) bond motifs is 1. The van der Waals surface area contributed by atoms with Gasteiger partial charge in [-0.3, -0.25) is 9.69 Å². The fourth-order valence-electron chi connectivity index (χ4n) is 3.72. The predicted molar refractivity (Wildman–Crippen MR) is 115 cm³/mol. The van der Waals surface area contributed by atoms with Crippen molar-refractivity contribution < 1.29 is 27.5 Å². The molecule has 0 aromatic heterocycles. The molecule has 1 aliphatic heterocycles. The summed E-state index contributed by atoms with van der Waals surface area (Å²) in [6, 6.07) is 7.94. The number of anilines is 2. The molecule has 1 aliphatic rings. The standard InChI is InChI=1S/C21H24FN3O5S/c1-12(2)8-20(26)25-13(3)11-24(21(27)28)18-10-15(4-6-17(18)25)14-5-7-19(16(22)9-14)31(23,29)30/h4-7,9-10,12-13H,8,11H2,1-3H3,(H,27,28)(H2,23,29,30)/t13-/m0/s1. The van der Waals surface area contributed by atoms with Gasteiger partial charge in [0.25, 0.3) is 0 Å². The van der Waals surface area contributed by atoms with Gasteiger partial charge in [0.1, 0.15) is 10.7 Å². The third-order valence-corrected chi connectivity index (χ3v) is 6.01. The second-order valence-electron chi connectivity index (χ2n) is 8.00. The Bertz CT molecular complexity index is 1150. The maximum atomic E-state index is 14.3. The van der Waals surface area contributed by atoms with Crippen molar-refractivity contribution >= 4 is 33.4 Å². The third kappa shape index (κ3) is 4.54. The van der Waals surface area contributed by atoms with E-state index in [0.717, 1.165) is 17.0 Å². The number of nitrogens with two attached hydrogens (primary N) is 1. The monoisotopic (exact) mass is 449 g/mol. The molecule has 0 saturated heterocycles. The zero-order valence-electron chi connectivity index (χ0n) is 17.4. The minimum atomic E-state index is -4.20. The molecular formula is C21H24FN3O5S. The topological polar surface area (TPSA) is 121 Å². The number of carbonyl (C=O) groups excluding carboxylic acids is 1. The van der Waals surface area contributed by atoms with E-state index >= 15 is 0 Å². The van der Waals surface area contributed by atoms with E-state index < -0.39 is 26.8 Å². The van der Waals surface area contributed by atoms with Crippen LogP contribution in [0.3, 0.4) is 0 Å². The van der Waals surface area contributed by atoms with Crippen LogP contribution in [0.15, 0.2) is 41.3 Å². The smallest absolute Gasteiger partial charge is 0.411 e. The second kappa shape index (κ2) is 8.27. The summed E-state index contributed by atoms with van der Waals surface area (Å²) in [5, 5.41) is 14.7. The number of halogens is 1. The van der Waals surface area contributed by atoms with Crippen molar-refractivity contribution in [3.05, 3.63) is 42.2 Å². The molecule has 1 heterocycles. The zero-order chi connectivity index (χ0) is 23.1. The molecule has 0 saturated carbocycles. The lowest BCUT2D eigenvalue weighted by Gasteiger charge is -2.40. The van der Waals surface area contributed by atoms with E-state index in [1.54, 1.807) is 30.0 Å². The number of nitrogens with zero attached hydrogens (tertiary/aromatic N) is 2.